The molecular weight excluding hydrogens is 340 g/mol. The summed E-state index contributed by atoms with van der Waals surface area (Å²) in [6.45, 7) is 15.7. The van der Waals surface area contributed by atoms with Crippen molar-refractivity contribution in [3.8, 4) is 11.1 Å². The molecule has 2 aromatic rings. The van der Waals surface area contributed by atoms with Gasteiger partial charge in [0, 0.05) is 17.0 Å². The summed E-state index contributed by atoms with van der Waals surface area (Å²) in [7, 11) is 0. The van der Waals surface area contributed by atoms with Crippen LogP contribution in [0.5, 0.6) is 0 Å². The zero-order chi connectivity index (χ0) is 18.6. The van der Waals surface area contributed by atoms with Gasteiger partial charge >= 0.3 is 0 Å². The minimum absolute atomic E-state index is 0.219. The number of hydrogen-bond acceptors (Lipinski definition) is 1. The van der Waals surface area contributed by atoms with Crippen LogP contribution in [-0.4, -0.2) is 24.5 Å². The molecule has 26 heavy (non-hydrogen) atoms. The molecule has 2 nitrogen and oxygen atoms in total. The second-order valence-corrected chi connectivity index (χ2v) is 8.25. The minimum Gasteiger partial charge on any atom is -0.316 e. The Hall–Kier alpha value is -1.82. The first-order valence-corrected chi connectivity index (χ1v) is 9.81. The van der Waals surface area contributed by atoms with Gasteiger partial charge in [0.2, 0.25) is 6.54 Å². The molecule has 0 unspecified atom stereocenters. The maximum atomic E-state index is 7.29. The molecule has 1 heterocycles. The molecule has 0 aliphatic carbocycles. The molecule has 1 saturated heterocycles. The topological polar surface area (TPSA) is 7.60 Å². The molecule has 1 aliphatic rings. The van der Waals surface area contributed by atoms with Crippen LogP contribution in [0.15, 0.2) is 48.5 Å². The molecule has 0 radical (unpaired) electrons. The number of rotatable bonds is 5. The molecule has 0 spiro atoms. The SMILES string of the molecule is [C-]#[N+]CC1(C(C)C)CCN(Cc2ccc(-c3ccc(Cl)cc3)cc2)CC1. The summed E-state index contributed by atoms with van der Waals surface area (Å²) in [5, 5.41) is 0.770. The molecule has 0 amide bonds. The Morgan fingerprint density at radius 3 is 2.04 bits per heavy atom. The fourth-order valence-corrected chi connectivity index (χ4v) is 4.06. The van der Waals surface area contributed by atoms with Gasteiger partial charge in [0.1, 0.15) is 0 Å². The number of nitrogens with zero attached hydrogens (tertiary/aromatic N) is 2. The summed E-state index contributed by atoms with van der Waals surface area (Å²) < 4.78 is 0. The highest BCUT2D eigenvalue weighted by atomic mass is 35.5. The van der Waals surface area contributed by atoms with E-state index in [1.54, 1.807) is 0 Å². The summed E-state index contributed by atoms with van der Waals surface area (Å²) in [5.74, 6) is 0.581. The van der Waals surface area contributed by atoms with Crippen LogP contribution >= 0.6 is 11.6 Å². The maximum Gasteiger partial charge on any atom is 0.220 e. The van der Waals surface area contributed by atoms with E-state index < -0.39 is 0 Å². The molecular formula is C23H27ClN2. The smallest absolute Gasteiger partial charge is 0.220 e. The average molecular weight is 367 g/mol. The van der Waals surface area contributed by atoms with Crippen molar-refractivity contribution in [3.63, 3.8) is 0 Å². The minimum atomic E-state index is 0.219. The number of benzene rings is 2. The Kier molecular flexibility index (Phi) is 6.01. The third-order valence-corrected chi connectivity index (χ3v) is 6.26. The molecule has 3 rings (SSSR count). The van der Waals surface area contributed by atoms with Gasteiger partial charge < -0.3 is 4.85 Å². The van der Waals surface area contributed by atoms with Crippen molar-refractivity contribution in [1.29, 1.82) is 0 Å². The van der Waals surface area contributed by atoms with Gasteiger partial charge in [-0.25, -0.2) is 6.57 Å². The van der Waals surface area contributed by atoms with Gasteiger partial charge in [-0.05, 0) is 60.7 Å². The van der Waals surface area contributed by atoms with Gasteiger partial charge in [0.15, 0.2) is 0 Å². The first-order chi connectivity index (χ1) is 12.5. The van der Waals surface area contributed by atoms with E-state index >= 15 is 0 Å². The number of likely N-dealkylation sites (tertiary alicyclic amines) is 1. The summed E-state index contributed by atoms with van der Waals surface area (Å²) in [6, 6.07) is 16.8. The van der Waals surface area contributed by atoms with Crippen molar-refractivity contribution in [2.45, 2.75) is 33.2 Å². The number of piperidine rings is 1. The lowest BCUT2D eigenvalue weighted by molar-refractivity contribution is 0.0716. The van der Waals surface area contributed by atoms with E-state index in [9.17, 15) is 0 Å². The summed E-state index contributed by atoms with van der Waals surface area (Å²) in [5.41, 5.74) is 3.99. The zero-order valence-corrected chi connectivity index (χ0v) is 16.5. The molecule has 0 saturated carbocycles. The summed E-state index contributed by atoms with van der Waals surface area (Å²) >= 11 is 5.97. The number of halogens is 1. The molecule has 2 aromatic carbocycles. The Morgan fingerprint density at radius 2 is 1.54 bits per heavy atom. The van der Waals surface area contributed by atoms with Crippen LogP contribution in [0.3, 0.4) is 0 Å². The largest absolute Gasteiger partial charge is 0.316 e. The molecule has 136 valence electrons. The Bertz CT molecular complexity index is 748. The van der Waals surface area contributed by atoms with Crippen molar-refractivity contribution in [2.75, 3.05) is 19.6 Å². The van der Waals surface area contributed by atoms with Gasteiger partial charge in [-0.1, -0.05) is 61.8 Å². The highest BCUT2D eigenvalue weighted by Gasteiger charge is 2.40. The first kappa shape index (κ1) is 19.0. The highest BCUT2D eigenvalue weighted by Crippen LogP contribution is 2.39. The fraction of sp³-hybridized carbons (Fsp3) is 0.435. The Labute approximate surface area is 162 Å². The van der Waals surface area contributed by atoms with Crippen LogP contribution in [0, 0.1) is 17.9 Å². The highest BCUT2D eigenvalue weighted by molar-refractivity contribution is 6.30. The fourth-order valence-electron chi connectivity index (χ4n) is 3.94. The normalized spacial score (nSPS) is 17.2. The molecule has 0 bridgehead atoms. The molecule has 0 N–H and O–H groups in total. The van der Waals surface area contributed by atoms with Crippen molar-refractivity contribution >= 4 is 11.6 Å². The van der Waals surface area contributed by atoms with E-state index in [0.717, 1.165) is 37.5 Å². The van der Waals surface area contributed by atoms with E-state index in [1.165, 1.54) is 16.7 Å². The third kappa shape index (κ3) is 4.29. The van der Waals surface area contributed by atoms with Gasteiger partial charge in [0.25, 0.3) is 0 Å². The van der Waals surface area contributed by atoms with Gasteiger partial charge in [-0.2, -0.15) is 0 Å². The van der Waals surface area contributed by atoms with Crippen LogP contribution in [-0.2, 0) is 6.54 Å². The van der Waals surface area contributed by atoms with E-state index in [2.05, 4.69) is 60.0 Å². The zero-order valence-electron chi connectivity index (χ0n) is 15.7. The predicted molar refractivity (Wildman–Crippen MR) is 110 cm³/mol. The van der Waals surface area contributed by atoms with E-state index in [-0.39, 0.29) is 5.41 Å². The molecule has 1 aliphatic heterocycles. The van der Waals surface area contributed by atoms with Crippen LogP contribution in [0.25, 0.3) is 16.0 Å². The van der Waals surface area contributed by atoms with E-state index in [0.29, 0.717) is 12.5 Å². The van der Waals surface area contributed by atoms with Crippen LogP contribution in [0.4, 0.5) is 0 Å². The van der Waals surface area contributed by atoms with Gasteiger partial charge in [-0.15, -0.1) is 0 Å². The lowest BCUT2D eigenvalue weighted by Crippen LogP contribution is -2.43. The first-order valence-electron chi connectivity index (χ1n) is 9.43. The van der Waals surface area contributed by atoms with Crippen LogP contribution in [0.1, 0.15) is 32.3 Å². The second kappa shape index (κ2) is 8.25. The van der Waals surface area contributed by atoms with Gasteiger partial charge in [-0.3, -0.25) is 4.90 Å². The van der Waals surface area contributed by atoms with Gasteiger partial charge in [0.05, 0.1) is 0 Å². The Balaban J connectivity index is 1.60. The lowest BCUT2D eigenvalue weighted by Gasteiger charge is -2.41. The average Bonchev–Trinajstić information content (AvgIpc) is 2.65. The molecule has 1 fully saturated rings. The third-order valence-electron chi connectivity index (χ3n) is 6.01. The molecule has 0 aromatic heterocycles. The van der Waals surface area contributed by atoms with Crippen LogP contribution < -0.4 is 0 Å². The number of hydrogen-bond donors (Lipinski definition) is 0. The van der Waals surface area contributed by atoms with E-state index in [4.69, 9.17) is 18.2 Å². The predicted octanol–water partition coefficient (Wildman–Crippen LogP) is 6.16. The van der Waals surface area contributed by atoms with E-state index in [1.807, 2.05) is 12.1 Å². The van der Waals surface area contributed by atoms with Crippen molar-refractivity contribution in [3.05, 3.63) is 70.5 Å². The standard InChI is InChI=1S/C23H27ClN2/c1-18(2)23(17-25-3)12-14-26(15-13-23)16-19-4-6-20(7-5-19)21-8-10-22(24)11-9-21/h4-11,18H,12-17H2,1-2H3. The Morgan fingerprint density at radius 1 is 1.00 bits per heavy atom. The van der Waals surface area contributed by atoms with Crippen LogP contribution in [0.2, 0.25) is 5.02 Å². The summed E-state index contributed by atoms with van der Waals surface area (Å²) in [4.78, 5) is 6.26. The monoisotopic (exact) mass is 366 g/mol. The van der Waals surface area contributed by atoms with Crippen molar-refractivity contribution in [1.82, 2.24) is 4.90 Å². The molecule has 3 heteroatoms. The summed E-state index contributed by atoms with van der Waals surface area (Å²) in [6.07, 6.45) is 2.27. The molecule has 0 atom stereocenters. The lowest BCUT2D eigenvalue weighted by atomic mass is 9.70. The quantitative estimate of drug-likeness (QED) is 0.574. The van der Waals surface area contributed by atoms with Crippen molar-refractivity contribution < 1.29 is 0 Å². The maximum absolute atomic E-state index is 7.29. The van der Waals surface area contributed by atoms with Crippen molar-refractivity contribution in [2.24, 2.45) is 11.3 Å². The second-order valence-electron chi connectivity index (χ2n) is 7.81.